The van der Waals surface area contributed by atoms with Crippen LogP contribution < -0.4 is 4.74 Å². The van der Waals surface area contributed by atoms with Gasteiger partial charge in [-0.2, -0.15) is 0 Å². The van der Waals surface area contributed by atoms with Crippen LogP contribution in [0.3, 0.4) is 0 Å². The molecule has 0 bridgehead atoms. The van der Waals surface area contributed by atoms with Crippen LogP contribution in [0.15, 0.2) is 60.8 Å². The Morgan fingerprint density at radius 3 is 2.21 bits per heavy atom. The van der Waals surface area contributed by atoms with E-state index in [0.717, 1.165) is 5.69 Å². The zero-order valence-corrected chi connectivity index (χ0v) is 17.1. The molecule has 1 aliphatic rings. The molecular formula is C22H20Cl2FNO2. The fourth-order valence-corrected chi connectivity index (χ4v) is 3.03. The normalized spacial score (nSPS) is 17.5. The summed E-state index contributed by atoms with van der Waals surface area (Å²) >= 11 is 11.7. The summed E-state index contributed by atoms with van der Waals surface area (Å²) in [6.07, 6.45) is 2.03. The van der Waals surface area contributed by atoms with Gasteiger partial charge in [0, 0.05) is 16.5 Å². The number of nitrogens with zero attached hydrogens (tertiary/aromatic N) is 1. The number of halogens is 3. The Hall–Kier alpha value is -2.14. The zero-order valence-electron chi connectivity index (χ0n) is 15.6. The molecule has 4 rings (SSSR count). The summed E-state index contributed by atoms with van der Waals surface area (Å²) < 4.78 is 25.4. The van der Waals surface area contributed by atoms with E-state index in [0.29, 0.717) is 40.1 Å². The highest BCUT2D eigenvalue weighted by molar-refractivity contribution is 6.30. The van der Waals surface area contributed by atoms with Crippen molar-refractivity contribution in [2.75, 3.05) is 6.61 Å². The largest absolute Gasteiger partial charge is 0.456 e. The topological polar surface area (TPSA) is 34.6 Å². The third kappa shape index (κ3) is 4.82. The van der Waals surface area contributed by atoms with Gasteiger partial charge in [-0.25, -0.2) is 4.39 Å². The molecule has 0 aliphatic carbocycles. The first-order valence-corrected chi connectivity index (χ1v) is 9.78. The lowest BCUT2D eigenvalue weighted by molar-refractivity contribution is 0.298. The predicted octanol–water partition coefficient (Wildman–Crippen LogP) is 6.81. The first-order chi connectivity index (χ1) is 13.5. The minimum atomic E-state index is -0.590. The van der Waals surface area contributed by atoms with Gasteiger partial charge >= 0.3 is 0 Å². The van der Waals surface area contributed by atoms with Gasteiger partial charge in [-0.15, -0.1) is 0 Å². The van der Waals surface area contributed by atoms with Crippen LogP contribution in [0.1, 0.15) is 25.1 Å². The Bertz CT molecular complexity index is 926. The maximum atomic E-state index is 14.1. The van der Waals surface area contributed by atoms with Crippen LogP contribution in [0.25, 0.3) is 0 Å². The summed E-state index contributed by atoms with van der Waals surface area (Å²) in [6.45, 7) is 4.50. The van der Waals surface area contributed by atoms with Crippen LogP contribution in [0.2, 0.25) is 10.0 Å². The van der Waals surface area contributed by atoms with E-state index in [1.807, 2.05) is 26.0 Å². The van der Waals surface area contributed by atoms with Gasteiger partial charge in [-0.05, 0) is 54.1 Å². The highest BCUT2D eigenvalue weighted by Gasteiger charge is 2.48. The molecule has 28 heavy (non-hydrogen) atoms. The average molecular weight is 420 g/mol. The Morgan fingerprint density at radius 1 is 1.00 bits per heavy atom. The van der Waals surface area contributed by atoms with Crippen molar-refractivity contribution >= 4 is 23.2 Å². The van der Waals surface area contributed by atoms with E-state index in [2.05, 4.69) is 4.98 Å². The summed E-state index contributed by atoms with van der Waals surface area (Å²) in [5.74, 6) is 0.934. The van der Waals surface area contributed by atoms with E-state index in [1.54, 1.807) is 42.6 Å². The van der Waals surface area contributed by atoms with Crippen LogP contribution in [0, 0.1) is 5.82 Å². The Morgan fingerprint density at radius 2 is 1.64 bits per heavy atom. The first-order valence-electron chi connectivity index (χ1n) is 9.02. The summed E-state index contributed by atoms with van der Waals surface area (Å²) in [4.78, 5) is 4.45. The van der Waals surface area contributed by atoms with Gasteiger partial charge in [0.2, 0.25) is 0 Å². The maximum Gasteiger partial charge on any atom is 0.145 e. The van der Waals surface area contributed by atoms with Crippen LogP contribution in [0.4, 0.5) is 4.39 Å². The molecule has 0 radical (unpaired) electrons. The second-order valence-electron chi connectivity index (χ2n) is 6.13. The second-order valence-corrected chi connectivity index (χ2v) is 7.00. The van der Waals surface area contributed by atoms with Gasteiger partial charge in [0.1, 0.15) is 22.9 Å². The molecule has 1 fully saturated rings. The Balaban J connectivity index is 0.00000109. The van der Waals surface area contributed by atoms with Gasteiger partial charge in [-0.1, -0.05) is 43.1 Å². The molecule has 0 saturated carbocycles. The number of pyridine rings is 1. The number of rotatable bonds is 5. The van der Waals surface area contributed by atoms with Crippen LogP contribution in [-0.4, -0.2) is 11.6 Å². The van der Waals surface area contributed by atoms with Crippen molar-refractivity contribution < 1.29 is 13.9 Å². The van der Waals surface area contributed by atoms with E-state index in [-0.39, 0.29) is 5.82 Å². The summed E-state index contributed by atoms with van der Waals surface area (Å²) in [7, 11) is 0. The van der Waals surface area contributed by atoms with Crippen molar-refractivity contribution in [3.05, 3.63) is 87.9 Å². The van der Waals surface area contributed by atoms with E-state index in [1.165, 1.54) is 6.07 Å². The third-order valence-corrected chi connectivity index (χ3v) is 4.72. The molecule has 6 heteroatoms. The summed E-state index contributed by atoms with van der Waals surface area (Å²) in [5.41, 5.74) is 0.707. The summed E-state index contributed by atoms with van der Waals surface area (Å²) in [5, 5.41) is 1.02. The van der Waals surface area contributed by atoms with Gasteiger partial charge in [-0.3, -0.25) is 4.98 Å². The Labute approximate surface area is 174 Å². The Kier molecular flexibility index (Phi) is 6.55. The van der Waals surface area contributed by atoms with Crippen molar-refractivity contribution in [3.63, 3.8) is 0 Å². The maximum absolute atomic E-state index is 14.1. The van der Waals surface area contributed by atoms with Crippen LogP contribution in [0.5, 0.6) is 11.5 Å². The molecule has 3 nitrogen and oxygen atoms in total. The molecule has 0 amide bonds. The van der Waals surface area contributed by atoms with Crippen molar-refractivity contribution in [1.29, 1.82) is 0 Å². The lowest BCUT2D eigenvalue weighted by Gasteiger charge is -2.13. The lowest BCUT2D eigenvalue weighted by Crippen LogP contribution is -2.15. The predicted molar refractivity (Wildman–Crippen MR) is 110 cm³/mol. The van der Waals surface area contributed by atoms with Gasteiger partial charge in [0.15, 0.2) is 0 Å². The third-order valence-electron chi connectivity index (χ3n) is 4.24. The molecule has 1 aliphatic heterocycles. The SMILES string of the molecule is CC.Fc1cc(Cl)ccc1CC1(c2ccc(Oc3ccc(Cl)cc3)cn2)CO1. The standard InChI is InChI=1S/C20H14Cl2FNO2.C2H6/c21-14-3-5-16(6-4-14)26-17-7-8-19(24-11-17)20(12-25-20)10-13-1-2-15(22)9-18(13)23;1-2/h1-9,11H,10,12H2;1-2H3. The van der Waals surface area contributed by atoms with Crippen molar-refractivity contribution in [1.82, 2.24) is 4.98 Å². The molecule has 0 N–H and O–H groups in total. The van der Waals surface area contributed by atoms with Crippen molar-refractivity contribution in [3.8, 4) is 11.5 Å². The number of aromatic nitrogens is 1. The fourth-order valence-electron chi connectivity index (χ4n) is 2.75. The molecule has 0 spiro atoms. The van der Waals surface area contributed by atoms with Crippen molar-refractivity contribution in [2.45, 2.75) is 25.9 Å². The lowest BCUT2D eigenvalue weighted by atomic mass is 9.96. The molecule has 1 unspecified atom stereocenters. The molecule has 1 aromatic heterocycles. The minimum absolute atomic E-state index is 0.338. The molecule has 3 aromatic rings. The average Bonchev–Trinajstić information content (AvgIpc) is 3.49. The molecule has 1 atom stereocenters. The number of hydrogen-bond donors (Lipinski definition) is 0. The minimum Gasteiger partial charge on any atom is -0.456 e. The molecule has 2 heterocycles. The van der Waals surface area contributed by atoms with E-state index >= 15 is 0 Å². The van der Waals surface area contributed by atoms with Gasteiger partial charge in [0.25, 0.3) is 0 Å². The zero-order chi connectivity index (χ0) is 20.1. The van der Waals surface area contributed by atoms with E-state index < -0.39 is 5.60 Å². The van der Waals surface area contributed by atoms with Crippen LogP contribution in [-0.2, 0) is 16.8 Å². The first kappa shape index (κ1) is 20.6. The van der Waals surface area contributed by atoms with Gasteiger partial charge in [0.05, 0.1) is 18.5 Å². The highest BCUT2D eigenvalue weighted by atomic mass is 35.5. The van der Waals surface area contributed by atoms with Gasteiger partial charge < -0.3 is 9.47 Å². The number of ether oxygens (including phenoxy) is 2. The molecular weight excluding hydrogens is 400 g/mol. The fraction of sp³-hybridized carbons (Fsp3) is 0.227. The quantitative estimate of drug-likeness (QED) is 0.425. The molecule has 1 saturated heterocycles. The van der Waals surface area contributed by atoms with Crippen LogP contribution >= 0.6 is 23.2 Å². The van der Waals surface area contributed by atoms with E-state index in [9.17, 15) is 4.39 Å². The summed E-state index contributed by atoms with van der Waals surface area (Å²) in [6, 6.07) is 15.4. The monoisotopic (exact) mass is 419 g/mol. The number of benzene rings is 2. The molecule has 146 valence electrons. The smallest absolute Gasteiger partial charge is 0.145 e. The second kappa shape index (κ2) is 8.91. The number of epoxide rings is 1. The van der Waals surface area contributed by atoms with Crippen molar-refractivity contribution in [2.24, 2.45) is 0 Å². The molecule has 2 aromatic carbocycles. The van der Waals surface area contributed by atoms with E-state index in [4.69, 9.17) is 32.7 Å². The highest BCUT2D eigenvalue weighted by Crippen LogP contribution is 2.42. The number of hydrogen-bond acceptors (Lipinski definition) is 3.